The highest BCUT2D eigenvalue weighted by atomic mass is 16.4. The predicted octanol–water partition coefficient (Wildman–Crippen LogP) is -0.626. The lowest BCUT2D eigenvalue weighted by Crippen LogP contribution is -2.26. The van der Waals surface area contributed by atoms with E-state index in [1.54, 1.807) is 6.92 Å². The van der Waals surface area contributed by atoms with Crippen molar-refractivity contribution in [3.63, 3.8) is 0 Å². The minimum Gasteiger partial charge on any atom is -0.428 e. The number of hydrogen-bond acceptors (Lipinski definition) is 5. The van der Waals surface area contributed by atoms with Crippen molar-refractivity contribution in [3.8, 4) is 0 Å². The van der Waals surface area contributed by atoms with Gasteiger partial charge in [-0.3, -0.25) is 10.2 Å². The van der Waals surface area contributed by atoms with Crippen molar-refractivity contribution in [1.82, 2.24) is 15.6 Å². The lowest BCUT2D eigenvalue weighted by molar-refractivity contribution is -0.119. The summed E-state index contributed by atoms with van der Waals surface area (Å²) in [4.78, 5) is 9.58. The number of nitrogens with zero attached hydrogens (tertiary/aromatic N) is 2. The molecule has 0 aliphatic carbocycles. The monoisotopic (exact) mass is 158 g/mol. The molecule has 0 aliphatic rings. The van der Waals surface area contributed by atoms with Gasteiger partial charge in [0.1, 0.15) is 0 Å². The predicted molar refractivity (Wildman–Crippen MR) is 37.0 cm³/mol. The molecule has 0 radical (unpaired) electrons. The number of carbonyl (C=O) groups excluding carboxylic acids is 1. The molecule has 1 aromatic heterocycles. The lowest BCUT2D eigenvalue weighted by atomic mass is 10.8. The van der Waals surface area contributed by atoms with E-state index in [1.807, 2.05) is 5.43 Å². The van der Waals surface area contributed by atoms with Crippen molar-refractivity contribution < 1.29 is 9.21 Å². The van der Waals surface area contributed by atoms with Gasteiger partial charge < -0.3 is 4.42 Å². The van der Waals surface area contributed by atoms with Crippen LogP contribution in [0.25, 0.3) is 0 Å². The highest BCUT2D eigenvalue weighted by molar-refractivity contribution is 5.71. The standard InChI is InChI=1S/C3H4N2O.C2H6N2O/c1-3-5-4-2-6-3;1-2(5)4-3/h2H,1H3;3H2,1H3,(H,4,5). The van der Waals surface area contributed by atoms with Gasteiger partial charge in [0.25, 0.3) is 0 Å². The first-order valence-corrected chi connectivity index (χ1v) is 2.86. The lowest BCUT2D eigenvalue weighted by Gasteiger charge is -1.80. The zero-order valence-corrected chi connectivity index (χ0v) is 6.37. The van der Waals surface area contributed by atoms with E-state index in [0.29, 0.717) is 5.89 Å². The van der Waals surface area contributed by atoms with Gasteiger partial charge in [0.15, 0.2) is 0 Å². The molecule has 0 bridgehead atoms. The first kappa shape index (κ1) is 9.57. The Balaban J connectivity index is 0.000000187. The van der Waals surface area contributed by atoms with Crippen LogP contribution in [0.3, 0.4) is 0 Å². The molecule has 0 spiro atoms. The number of nitrogens with one attached hydrogen (secondary N) is 1. The fourth-order valence-electron chi connectivity index (χ4n) is 0.228. The number of rotatable bonds is 0. The van der Waals surface area contributed by atoms with Gasteiger partial charge in [0, 0.05) is 13.8 Å². The molecule has 0 unspecified atom stereocenters. The highest BCUT2D eigenvalue weighted by Gasteiger charge is 1.79. The second-order valence-corrected chi connectivity index (χ2v) is 1.66. The van der Waals surface area contributed by atoms with Crippen molar-refractivity contribution in [1.29, 1.82) is 0 Å². The Morgan fingerprint density at radius 3 is 2.45 bits per heavy atom. The van der Waals surface area contributed by atoms with Gasteiger partial charge in [-0.15, -0.1) is 10.2 Å². The molecule has 0 aromatic carbocycles. The van der Waals surface area contributed by atoms with E-state index in [-0.39, 0.29) is 5.91 Å². The van der Waals surface area contributed by atoms with Gasteiger partial charge in [-0.25, -0.2) is 5.84 Å². The van der Waals surface area contributed by atoms with E-state index >= 15 is 0 Å². The van der Waals surface area contributed by atoms with E-state index in [2.05, 4.69) is 20.5 Å². The number of aryl methyl sites for hydroxylation is 1. The summed E-state index contributed by atoms with van der Waals surface area (Å²) in [7, 11) is 0. The van der Waals surface area contributed by atoms with Gasteiger partial charge >= 0.3 is 0 Å². The third-order valence-corrected chi connectivity index (χ3v) is 0.672. The normalized spacial score (nSPS) is 7.91. The van der Waals surface area contributed by atoms with Crippen LogP contribution in [-0.4, -0.2) is 16.1 Å². The summed E-state index contributed by atoms with van der Waals surface area (Å²) in [5.41, 5.74) is 1.89. The van der Waals surface area contributed by atoms with Crippen LogP contribution < -0.4 is 11.3 Å². The Labute approximate surface area is 63.8 Å². The zero-order valence-electron chi connectivity index (χ0n) is 6.37. The molecule has 1 amide bonds. The number of hydrogen-bond donors (Lipinski definition) is 2. The first-order valence-electron chi connectivity index (χ1n) is 2.86. The van der Waals surface area contributed by atoms with Crippen LogP contribution in [-0.2, 0) is 4.79 Å². The van der Waals surface area contributed by atoms with Crippen LogP contribution in [0.2, 0.25) is 0 Å². The summed E-state index contributed by atoms with van der Waals surface area (Å²) in [5, 5.41) is 6.91. The fraction of sp³-hybridized carbons (Fsp3) is 0.400. The Morgan fingerprint density at radius 1 is 1.82 bits per heavy atom. The summed E-state index contributed by atoms with van der Waals surface area (Å²) in [5.74, 6) is 4.96. The summed E-state index contributed by atoms with van der Waals surface area (Å²) >= 11 is 0. The third-order valence-electron chi connectivity index (χ3n) is 0.672. The van der Waals surface area contributed by atoms with Gasteiger partial charge in [0.05, 0.1) is 0 Å². The average Bonchev–Trinajstić information content (AvgIpc) is 2.41. The molecule has 0 atom stereocenters. The molecule has 0 saturated carbocycles. The molecule has 1 heterocycles. The number of carbonyl (C=O) groups is 1. The Hall–Kier alpha value is -1.43. The first-order chi connectivity index (χ1) is 5.16. The zero-order chi connectivity index (χ0) is 8.69. The van der Waals surface area contributed by atoms with E-state index in [1.165, 1.54) is 13.3 Å². The molecule has 62 valence electrons. The van der Waals surface area contributed by atoms with Crippen molar-refractivity contribution in [2.24, 2.45) is 5.84 Å². The van der Waals surface area contributed by atoms with Crippen LogP contribution in [0.15, 0.2) is 10.8 Å². The van der Waals surface area contributed by atoms with E-state index < -0.39 is 0 Å². The summed E-state index contributed by atoms with van der Waals surface area (Å²) in [6, 6.07) is 0. The quantitative estimate of drug-likeness (QED) is 0.298. The summed E-state index contributed by atoms with van der Waals surface area (Å²) < 4.78 is 4.61. The van der Waals surface area contributed by atoms with Gasteiger partial charge in [-0.05, 0) is 0 Å². The number of hydrazine groups is 1. The molecule has 0 fully saturated rings. The molecule has 6 heteroatoms. The van der Waals surface area contributed by atoms with Crippen molar-refractivity contribution >= 4 is 5.91 Å². The van der Waals surface area contributed by atoms with Gasteiger partial charge in [-0.1, -0.05) is 0 Å². The van der Waals surface area contributed by atoms with Crippen LogP contribution in [0.4, 0.5) is 0 Å². The van der Waals surface area contributed by atoms with E-state index in [4.69, 9.17) is 0 Å². The van der Waals surface area contributed by atoms with Gasteiger partial charge in [0.2, 0.25) is 18.2 Å². The minimum absolute atomic E-state index is 0.218. The molecule has 6 nitrogen and oxygen atoms in total. The molecule has 0 saturated heterocycles. The third kappa shape index (κ3) is 6.46. The van der Waals surface area contributed by atoms with Crippen LogP contribution in [0.5, 0.6) is 0 Å². The Morgan fingerprint density at radius 2 is 2.36 bits per heavy atom. The second kappa shape index (κ2) is 5.36. The molecular formula is C5H10N4O2. The maximum Gasteiger partial charge on any atom is 0.230 e. The molecule has 11 heavy (non-hydrogen) atoms. The highest BCUT2D eigenvalue weighted by Crippen LogP contribution is 1.82. The number of aromatic nitrogens is 2. The second-order valence-electron chi connectivity index (χ2n) is 1.66. The van der Waals surface area contributed by atoms with E-state index in [9.17, 15) is 4.79 Å². The maximum absolute atomic E-state index is 9.58. The summed E-state index contributed by atoms with van der Waals surface area (Å²) in [6.45, 7) is 3.09. The number of nitrogens with two attached hydrogens (primary N) is 1. The largest absolute Gasteiger partial charge is 0.428 e. The molecule has 3 N–H and O–H groups in total. The SMILES string of the molecule is CC(=O)NN.Cc1nnco1. The van der Waals surface area contributed by atoms with Crippen LogP contribution >= 0.6 is 0 Å². The molecule has 0 aliphatic heterocycles. The maximum atomic E-state index is 9.58. The summed E-state index contributed by atoms with van der Waals surface area (Å²) in [6.07, 6.45) is 1.30. The topological polar surface area (TPSA) is 94.0 Å². The van der Waals surface area contributed by atoms with Gasteiger partial charge in [-0.2, -0.15) is 0 Å². The van der Waals surface area contributed by atoms with Crippen LogP contribution in [0, 0.1) is 6.92 Å². The molecule has 1 rings (SSSR count). The molecular weight excluding hydrogens is 148 g/mol. The Kier molecular flexibility index (Phi) is 4.67. The Bertz CT molecular complexity index is 196. The number of amides is 1. The molecule has 1 aromatic rings. The minimum atomic E-state index is -0.218. The van der Waals surface area contributed by atoms with Crippen molar-refractivity contribution in [2.75, 3.05) is 0 Å². The fourth-order valence-corrected chi connectivity index (χ4v) is 0.228. The van der Waals surface area contributed by atoms with Crippen molar-refractivity contribution in [2.45, 2.75) is 13.8 Å². The average molecular weight is 158 g/mol. The van der Waals surface area contributed by atoms with E-state index in [0.717, 1.165) is 0 Å². The van der Waals surface area contributed by atoms with Crippen LogP contribution in [0.1, 0.15) is 12.8 Å². The smallest absolute Gasteiger partial charge is 0.230 e. The van der Waals surface area contributed by atoms with Crippen molar-refractivity contribution in [3.05, 3.63) is 12.3 Å².